The molecule has 2 rings (SSSR count). The molecule has 1 heterocycles. The number of anilines is 1. The smallest absolute Gasteiger partial charge is 0.244 e. The normalized spacial score (nSPS) is 17.3. The van der Waals surface area contributed by atoms with Crippen molar-refractivity contribution in [3.63, 3.8) is 0 Å². The molecule has 1 aromatic carbocycles. The molecule has 1 amide bonds. The lowest BCUT2D eigenvalue weighted by Crippen LogP contribution is -2.54. The molecular formula is C15H21ClN2O3. The average molecular weight is 313 g/mol. The van der Waals surface area contributed by atoms with Crippen LogP contribution < -0.4 is 15.8 Å². The molecule has 0 unspecified atom stereocenters. The molecule has 0 radical (unpaired) electrons. The fourth-order valence-corrected chi connectivity index (χ4v) is 2.32. The maximum absolute atomic E-state index is 12.4. The van der Waals surface area contributed by atoms with Gasteiger partial charge < -0.3 is 20.5 Å². The molecule has 1 fully saturated rings. The van der Waals surface area contributed by atoms with Crippen LogP contribution in [-0.2, 0) is 9.53 Å². The topological polar surface area (TPSA) is 73.6 Å². The maximum atomic E-state index is 12.4. The summed E-state index contributed by atoms with van der Waals surface area (Å²) in [7, 11) is 0. The van der Waals surface area contributed by atoms with Gasteiger partial charge in [-0.1, -0.05) is 18.5 Å². The van der Waals surface area contributed by atoms with E-state index >= 15 is 0 Å². The summed E-state index contributed by atoms with van der Waals surface area (Å²) < 4.78 is 10.9. The Balaban J connectivity index is 2.13. The molecule has 3 N–H and O–H groups in total. The van der Waals surface area contributed by atoms with Gasteiger partial charge in [0.2, 0.25) is 5.91 Å². The fraction of sp³-hybridized carbons (Fsp3) is 0.533. The molecule has 1 aliphatic heterocycles. The van der Waals surface area contributed by atoms with Gasteiger partial charge in [0, 0.05) is 18.2 Å². The van der Waals surface area contributed by atoms with Crippen molar-refractivity contribution in [2.75, 3.05) is 25.1 Å². The Kier molecular flexibility index (Phi) is 5.45. The third-order valence-corrected chi connectivity index (χ3v) is 3.72. The molecule has 116 valence electrons. The van der Waals surface area contributed by atoms with Gasteiger partial charge in [-0.3, -0.25) is 4.79 Å². The van der Waals surface area contributed by atoms with Crippen molar-refractivity contribution in [3.8, 4) is 5.75 Å². The maximum Gasteiger partial charge on any atom is 0.244 e. The molecule has 0 spiro atoms. The monoisotopic (exact) mass is 312 g/mol. The lowest BCUT2D eigenvalue weighted by molar-refractivity contribution is -0.124. The molecule has 1 aromatic rings. The highest BCUT2D eigenvalue weighted by atomic mass is 35.5. The number of carbonyl (C=O) groups is 1. The lowest BCUT2D eigenvalue weighted by Gasteiger charge is -2.32. The van der Waals surface area contributed by atoms with E-state index in [0.29, 0.717) is 49.1 Å². The fourth-order valence-electron chi connectivity index (χ4n) is 2.15. The van der Waals surface area contributed by atoms with E-state index in [9.17, 15) is 4.79 Å². The molecule has 1 saturated heterocycles. The third-order valence-electron chi connectivity index (χ3n) is 3.49. The van der Waals surface area contributed by atoms with E-state index in [1.54, 1.807) is 18.2 Å². The summed E-state index contributed by atoms with van der Waals surface area (Å²) in [5.41, 5.74) is 5.83. The first-order valence-corrected chi connectivity index (χ1v) is 7.53. The number of amides is 1. The van der Waals surface area contributed by atoms with Gasteiger partial charge >= 0.3 is 0 Å². The zero-order chi connectivity index (χ0) is 15.3. The van der Waals surface area contributed by atoms with Crippen LogP contribution in [0.1, 0.15) is 26.2 Å². The van der Waals surface area contributed by atoms with Crippen molar-refractivity contribution in [3.05, 3.63) is 23.2 Å². The summed E-state index contributed by atoms with van der Waals surface area (Å²) in [5, 5.41) is 3.38. The molecular weight excluding hydrogens is 292 g/mol. The van der Waals surface area contributed by atoms with Crippen LogP contribution in [0.5, 0.6) is 5.75 Å². The largest absolute Gasteiger partial charge is 0.491 e. The number of carbonyl (C=O) groups excluding carboxylic acids is 1. The van der Waals surface area contributed by atoms with Gasteiger partial charge in [0.15, 0.2) is 0 Å². The van der Waals surface area contributed by atoms with E-state index in [1.807, 2.05) is 6.92 Å². The molecule has 0 bridgehead atoms. The molecule has 1 aliphatic rings. The first-order chi connectivity index (χ1) is 10.0. The number of rotatable bonds is 5. The van der Waals surface area contributed by atoms with E-state index in [2.05, 4.69) is 5.32 Å². The predicted molar refractivity (Wildman–Crippen MR) is 82.8 cm³/mol. The quantitative estimate of drug-likeness (QED) is 0.876. The van der Waals surface area contributed by atoms with Gasteiger partial charge in [-0.2, -0.15) is 0 Å². The highest BCUT2D eigenvalue weighted by Crippen LogP contribution is 2.30. The number of ether oxygens (including phenoxy) is 2. The first kappa shape index (κ1) is 16.1. The second-order valence-electron chi connectivity index (χ2n) is 5.21. The highest BCUT2D eigenvalue weighted by Gasteiger charge is 2.36. The van der Waals surface area contributed by atoms with Crippen LogP contribution in [0.4, 0.5) is 5.69 Å². The van der Waals surface area contributed by atoms with Crippen molar-refractivity contribution in [1.82, 2.24) is 0 Å². The Labute approximate surface area is 129 Å². The minimum Gasteiger partial charge on any atom is -0.491 e. The standard InChI is InChI=1S/C15H21ClN2O3/c1-2-7-21-13-4-3-11(16)10-12(13)18-14(19)15(17)5-8-20-9-6-15/h3-4,10H,2,5-9,17H2,1H3,(H,18,19). The highest BCUT2D eigenvalue weighted by molar-refractivity contribution is 6.31. The average Bonchev–Trinajstić information content (AvgIpc) is 2.47. The number of nitrogens with one attached hydrogen (secondary N) is 1. The Morgan fingerprint density at radius 2 is 2.19 bits per heavy atom. The number of hydrogen-bond acceptors (Lipinski definition) is 4. The molecule has 21 heavy (non-hydrogen) atoms. The van der Waals surface area contributed by atoms with Crippen LogP contribution in [0, 0.1) is 0 Å². The van der Waals surface area contributed by atoms with Gasteiger partial charge in [-0.15, -0.1) is 0 Å². The summed E-state index contributed by atoms with van der Waals surface area (Å²) in [4.78, 5) is 12.4. The summed E-state index contributed by atoms with van der Waals surface area (Å²) in [6.45, 7) is 3.59. The van der Waals surface area contributed by atoms with E-state index in [4.69, 9.17) is 26.8 Å². The number of hydrogen-bond donors (Lipinski definition) is 2. The van der Waals surface area contributed by atoms with Crippen molar-refractivity contribution < 1.29 is 14.3 Å². The van der Waals surface area contributed by atoms with Crippen LogP contribution in [0.2, 0.25) is 5.02 Å². The van der Waals surface area contributed by atoms with Crippen LogP contribution >= 0.6 is 11.6 Å². The number of benzene rings is 1. The zero-order valence-electron chi connectivity index (χ0n) is 12.2. The SMILES string of the molecule is CCCOc1ccc(Cl)cc1NC(=O)C1(N)CCOCC1. The van der Waals surface area contributed by atoms with Gasteiger partial charge in [-0.05, 0) is 37.5 Å². The van der Waals surface area contributed by atoms with E-state index in [1.165, 1.54) is 0 Å². The molecule has 0 aromatic heterocycles. The van der Waals surface area contributed by atoms with E-state index in [-0.39, 0.29) is 5.91 Å². The van der Waals surface area contributed by atoms with Crippen molar-refractivity contribution in [2.24, 2.45) is 5.73 Å². The second-order valence-corrected chi connectivity index (χ2v) is 5.65. The summed E-state index contributed by atoms with van der Waals surface area (Å²) in [6, 6.07) is 5.16. The van der Waals surface area contributed by atoms with Gasteiger partial charge in [-0.25, -0.2) is 0 Å². The zero-order valence-corrected chi connectivity index (χ0v) is 12.9. The molecule has 5 nitrogen and oxygen atoms in total. The Morgan fingerprint density at radius 3 is 2.86 bits per heavy atom. The van der Waals surface area contributed by atoms with Crippen LogP contribution in [0.25, 0.3) is 0 Å². The molecule has 0 atom stereocenters. The molecule has 6 heteroatoms. The Bertz CT molecular complexity index is 502. The predicted octanol–water partition coefficient (Wildman–Crippen LogP) is 2.58. The Hall–Kier alpha value is -1.30. The minimum atomic E-state index is -0.900. The van der Waals surface area contributed by atoms with Gasteiger partial charge in [0.1, 0.15) is 11.3 Å². The van der Waals surface area contributed by atoms with Crippen LogP contribution in [-0.4, -0.2) is 31.3 Å². The van der Waals surface area contributed by atoms with Crippen molar-refractivity contribution in [1.29, 1.82) is 0 Å². The van der Waals surface area contributed by atoms with Gasteiger partial charge in [0.25, 0.3) is 0 Å². The van der Waals surface area contributed by atoms with E-state index < -0.39 is 5.54 Å². The van der Waals surface area contributed by atoms with Crippen LogP contribution in [0.3, 0.4) is 0 Å². The third kappa shape index (κ3) is 4.09. The number of halogens is 1. The minimum absolute atomic E-state index is 0.227. The second kappa shape index (κ2) is 7.11. The van der Waals surface area contributed by atoms with Crippen molar-refractivity contribution in [2.45, 2.75) is 31.7 Å². The molecule has 0 saturated carbocycles. The Morgan fingerprint density at radius 1 is 1.48 bits per heavy atom. The van der Waals surface area contributed by atoms with Crippen molar-refractivity contribution >= 4 is 23.2 Å². The van der Waals surface area contributed by atoms with Crippen LogP contribution in [0.15, 0.2) is 18.2 Å². The summed E-state index contributed by atoms with van der Waals surface area (Å²) >= 11 is 6.00. The lowest BCUT2D eigenvalue weighted by atomic mass is 9.90. The summed E-state index contributed by atoms with van der Waals surface area (Å²) in [5.74, 6) is 0.375. The number of nitrogens with two attached hydrogens (primary N) is 1. The first-order valence-electron chi connectivity index (χ1n) is 7.15. The molecule has 0 aliphatic carbocycles. The summed E-state index contributed by atoms with van der Waals surface area (Å²) in [6.07, 6.45) is 1.89. The van der Waals surface area contributed by atoms with E-state index in [0.717, 1.165) is 6.42 Å². The van der Waals surface area contributed by atoms with Gasteiger partial charge in [0.05, 0.1) is 12.3 Å².